The molecule has 1 fully saturated rings. The van der Waals surface area contributed by atoms with Crippen molar-refractivity contribution in [1.82, 2.24) is 9.97 Å². The Labute approximate surface area is 137 Å². The van der Waals surface area contributed by atoms with E-state index in [1.165, 1.54) is 0 Å². The van der Waals surface area contributed by atoms with Gasteiger partial charge in [0, 0.05) is 0 Å². The normalized spacial score (nSPS) is 26.7. The molecule has 0 unspecified atom stereocenters. The Balaban J connectivity index is 0.000000924. The molecule has 3 N–H and O–H groups in total. The summed E-state index contributed by atoms with van der Waals surface area (Å²) in [6.07, 6.45) is 1.16. The number of aryl methyl sites for hydroxylation is 1. The molecule has 3 rings (SSSR count). The average molecular weight is 321 g/mol. The number of fused-ring (bicyclic) bond motifs is 1. The fourth-order valence-corrected chi connectivity index (χ4v) is 3.07. The minimum Gasteiger partial charge on any atom is -0.475 e. The zero-order chi connectivity index (χ0) is 17.1. The van der Waals surface area contributed by atoms with Crippen molar-refractivity contribution in [1.29, 1.82) is 5.41 Å². The number of hydrogen-bond acceptors (Lipinski definition) is 7. The quantitative estimate of drug-likeness (QED) is 0.822. The van der Waals surface area contributed by atoms with Gasteiger partial charge in [-0.2, -0.15) is 0 Å². The van der Waals surface area contributed by atoms with E-state index in [0.717, 1.165) is 6.42 Å². The summed E-state index contributed by atoms with van der Waals surface area (Å²) >= 11 is 0. The number of ether oxygens (including phenoxy) is 2. The van der Waals surface area contributed by atoms with Gasteiger partial charge in [-0.05, 0) is 27.2 Å². The minimum absolute atomic E-state index is 0.0452. The summed E-state index contributed by atoms with van der Waals surface area (Å²) in [5.74, 6) is 1.64. The second-order valence-electron chi connectivity index (χ2n) is 5.78. The van der Waals surface area contributed by atoms with Gasteiger partial charge < -0.3 is 20.1 Å². The lowest BCUT2D eigenvalue weighted by molar-refractivity contribution is 0.122. The van der Waals surface area contributed by atoms with Crippen LogP contribution in [-0.2, 0) is 9.47 Å². The zero-order valence-electron chi connectivity index (χ0n) is 14.6. The lowest BCUT2D eigenvalue weighted by Gasteiger charge is -2.33. The van der Waals surface area contributed by atoms with Crippen LogP contribution in [0.2, 0.25) is 0 Å². The van der Waals surface area contributed by atoms with Crippen LogP contribution in [0.3, 0.4) is 0 Å². The molecule has 3 heterocycles. The molecule has 0 amide bonds. The third kappa shape index (κ3) is 3.39. The molecule has 0 aliphatic carbocycles. The second-order valence-corrected chi connectivity index (χ2v) is 5.78. The third-order valence-corrected chi connectivity index (χ3v) is 4.02. The summed E-state index contributed by atoms with van der Waals surface area (Å²) in [6, 6.07) is 0.316. The molecule has 0 spiro atoms. The molecule has 128 valence electrons. The number of nitrogen functional groups attached to an aromatic ring is 1. The molecule has 0 radical (unpaired) electrons. The van der Waals surface area contributed by atoms with Crippen molar-refractivity contribution < 1.29 is 9.47 Å². The fourth-order valence-electron chi connectivity index (χ4n) is 3.07. The number of anilines is 2. The van der Waals surface area contributed by atoms with Gasteiger partial charge in [-0.1, -0.05) is 13.8 Å². The van der Waals surface area contributed by atoms with Crippen molar-refractivity contribution in [3.8, 4) is 0 Å². The molecule has 1 aromatic rings. The van der Waals surface area contributed by atoms with Gasteiger partial charge in [0.25, 0.3) is 0 Å². The van der Waals surface area contributed by atoms with Crippen molar-refractivity contribution in [2.75, 3.05) is 23.8 Å². The van der Waals surface area contributed by atoms with E-state index in [1.807, 2.05) is 20.8 Å². The van der Waals surface area contributed by atoms with E-state index < -0.39 is 0 Å². The van der Waals surface area contributed by atoms with Crippen molar-refractivity contribution in [2.45, 2.75) is 59.2 Å². The Hall–Kier alpha value is -1.89. The fraction of sp³-hybridized carbons (Fsp3) is 0.688. The van der Waals surface area contributed by atoms with Gasteiger partial charge in [-0.25, -0.2) is 9.97 Å². The molecule has 0 bridgehead atoms. The number of nitrogens with zero attached hydrogens (tertiary/aromatic N) is 3. The molecule has 7 nitrogen and oxygen atoms in total. The summed E-state index contributed by atoms with van der Waals surface area (Å²) in [5.41, 5.74) is 6.50. The SMILES string of the molecule is CC.Cc1nc(N)c2c(n1)N([C@H]1CO[C@@H](C)C1)[C@H](C)COC2=N. The maximum absolute atomic E-state index is 8.07. The second kappa shape index (κ2) is 7.12. The van der Waals surface area contributed by atoms with E-state index >= 15 is 0 Å². The van der Waals surface area contributed by atoms with Crippen molar-refractivity contribution in [2.24, 2.45) is 0 Å². The highest BCUT2D eigenvalue weighted by Crippen LogP contribution is 2.32. The van der Waals surface area contributed by atoms with Gasteiger partial charge in [0.1, 0.15) is 29.6 Å². The highest BCUT2D eigenvalue weighted by atomic mass is 16.5. The molecule has 7 heteroatoms. The first kappa shape index (κ1) is 17.5. The van der Waals surface area contributed by atoms with Crippen LogP contribution in [0.15, 0.2) is 0 Å². The number of nitrogens with one attached hydrogen (secondary N) is 1. The first-order valence-corrected chi connectivity index (χ1v) is 8.23. The summed E-state index contributed by atoms with van der Waals surface area (Å²) in [4.78, 5) is 10.9. The Bertz CT molecular complexity index is 578. The molecule has 1 saturated heterocycles. The number of aromatic nitrogens is 2. The highest BCUT2D eigenvalue weighted by Gasteiger charge is 2.37. The van der Waals surface area contributed by atoms with E-state index in [1.54, 1.807) is 0 Å². The van der Waals surface area contributed by atoms with Gasteiger partial charge in [0.05, 0.1) is 24.8 Å². The van der Waals surface area contributed by atoms with E-state index in [2.05, 4.69) is 28.7 Å². The lowest BCUT2D eigenvalue weighted by Crippen LogP contribution is -2.44. The van der Waals surface area contributed by atoms with E-state index in [9.17, 15) is 0 Å². The van der Waals surface area contributed by atoms with Crippen LogP contribution in [0, 0.1) is 12.3 Å². The average Bonchev–Trinajstić information content (AvgIpc) is 2.87. The minimum atomic E-state index is 0.0452. The first-order valence-electron chi connectivity index (χ1n) is 8.23. The molecule has 2 aliphatic heterocycles. The van der Waals surface area contributed by atoms with Crippen LogP contribution >= 0.6 is 0 Å². The van der Waals surface area contributed by atoms with E-state index in [4.69, 9.17) is 20.6 Å². The van der Waals surface area contributed by atoms with E-state index in [0.29, 0.717) is 36.2 Å². The van der Waals surface area contributed by atoms with Gasteiger partial charge in [0.15, 0.2) is 0 Å². The third-order valence-electron chi connectivity index (χ3n) is 4.02. The number of rotatable bonds is 1. The van der Waals surface area contributed by atoms with Crippen molar-refractivity contribution >= 4 is 17.5 Å². The topological polar surface area (TPSA) is 97.3 Å². The van der Waals surface area contributed by atoms with Gasteiger partial charge in [-0.15, -0.1) is 0 Å². The monoisotopic (exact) mass is 321 g/mol. The van der Waals surface area contributed by atoms with E-state index in [-0.39, 0.29) is 24.1 Å². The van der Waals surface area contributed by atoms with Crippen molar-refractivity contribution in [3.05, 3.63) is 11.4 Å². The molecule has 0 saturated carbocycles. The van der Waals surface area contributed by atoms with Crippen molar-refractivity contribution in [3.63, 3.8) is 0 Å². The molecular weight excluding hydrogens is 294 g/mol. The summed E-state index contributed by atoms with van der Waals surface area (Å²) in [7, 11) is 0. The number of nitrogens with two attached hydrogens (primary N) is 1. The standard InChI is InChI=1S/C14H21N5O2.C2H6/c1-7-5-21-13(16)11-12(15)17-9(3)18-14(11)19(7)10-4-8(2)20-6-10;1-2/h7-8,10,16H,4-6H2,1-3H3,(H2,15,17,18);1-2H3/t7-,8+,10-;/m1./s1. The Morgan fingerprint density at radius 2 is 1.91 bits per heavy atom. The molecule has 1 aromatic heterocycles. The molecule has 3 atom stereocenters. The maximum Gasteiger partial charge on any atom is 0.220 e. The maximum atomic E-state index is 8.07. The largest absolute Gasteiger partial charge is 0.475 e. The predicted octanol–water partition coefficient (Wildman–Crippen LogP) is 2.12. The molecule has 23 heavy (non-hydrogen) atoms. The Morgan fingerprint density at radius 3 is 2.52 bits per heavy atom. The first-order chi connectivity index (χ1) is 11.0. The molecule has 0 aromatic carbocycles. The summed E-state index contributed by atoms with van der Waals surface area (Å²) in [5, 5.41) is 8.07. The van der Waals surface area contributed by atoms with Crippen LogP contribution in [0.4, 0.5) is 11.6 Å². The predicted molar refractivity (Wildman–Crippen MR) is 91.1 cm³/mol. The zero-order valence-corrected chi connectivity index (χ0v) is 14.6. The van der Waals surface area contributed by atoms with Crippen LogP contribution in [-0.4, -0.2) is 47.3 Å². The van der Waals surface area contributed by atoms with Gasteiger partial charge in [-0.3, -0.25) is 5.41 Å². The summed E-state index contributed by atoms with van der Waals surface area (Å²) < 4.78 is 11.2. The Kier molecular flexibility index (Phi) is 5.41. The molecule has 2 aliphatic rings. The van der Waals surface area contributed by atoms with Crippen LogP contribution in [0.5, 0.6) is 0 Å². The smallest absolute Gasteiger partial charge is 0.220 e. The van der Waals surface area contributed by atoms with Crippen LogP contribution in [0.25, 0.3) is 0 Å². The van der Waals surface area contributed by atoms with Gasteiger partial charge >= 0.3 is 0 Å². The summed E-state index contributed by atoms with van der Waals surface area (Å²) in [6.45, 7) is 11.0. The van der Waals surface area contributed by atoms with Gasteiger partial charge in [0.2, 0.25) is 5.90 Å². The van der Waals surface area contributed by atoms with Crippen LogP contribution in [0.1, 0.15) is 45.5 Å². The Morgan fingerprint density at radius 1 is 1.22 bits per heavy atom. The number of hydrogen-bond donors (Lipinski definition) is 2. The molecular formula is C16H27N5O2. The van der Waals surface area contributed by atoms with Crippen LogP contribution < -0.4 is 10.6 Å². The lowest BCUT2D eigenvalue weighted by atomic mass is 10.1. The highest BCUT2D eigenvalue weighted by molar-refractivity contribution is 6.01.